The molecule has 0 bridgehead atoms. The Hall–Kier alpha value is -3.01. The summed E-state index contributed by atoms with van der Waals surface area (Å²) in [6, 6.07) is 6.08. The van der Waals surface area contributed by atoms with Gasteiger partial charge in [-0.1, -0.05) is 5.16 Å². The molecule has 4 heterocycles. The number of hydrogen-bond donors (Lipinski definition) is 0. The van der Waals surface area contributed by atoms with Gasteiger partial charge in [-0.2, -0.15) is 18.2 Å². The molecule has 152 valence electrons. The van der Waals surface area contributed by atoms with Crippen LogP contribution in [0, 0.1) is 0 Å². The van der Waals surface area contributed by atoms with Gasteiger partial charge in [0.1, 0.15) is 5.82 Å². The fourth-order valence-corrected chi connectivity index (χ4v) is 3.25. The normalized spacial score (nSPS) is 16.8. The molecule has 10 heteroatoms. The lowest BCUT2D eigenvalue weighted by molar-refractivity contribution is -0.137. The lowest BCUT2D eigenvalue weighted by Crippen LogP contribution is -2.47. The van der Waals surface area contributed by atoms with Gasteiger partial charge in [-0.3, -0.25) is 9.88 Å². The average Bonchev–Trinajstić information content (AvgIpc) is 3.24. The Bertz CT molecular complexity index is 937. The van der Waals surface area contributed by atoms with E-state index in [1.807, 2.05) is 24.0 Å². The standard InChI is InChI=1S/C19H19F3N6O/c1-13(18-25-17(26-29-18)14-3-2-6-23-11-14)27-7-9-28(10-8-27)16-5-4-15(12-24-16)19(20,21)22/h2-6,11-13H,7-10H2,1H3. The van der Waals surface area contributed by atoms with Crippen LogP contribution >= 0.6 is 0 Å². The van der Waals surface area contributed by atoms with Gasteiger partial charge < -0.3 is 9.42 Å². The molecule has 1 fully saturated rings. The van der Waals surface area contributed by atoms with Crippen LogP contribution in [0.25, 0.3) is 11.4 Å². The molecule has 0 spiro atoms. The Balaban J connectivity index is 1.38. The van der Waals surface area contributed by atoms with Crippen molar-refractivity contribution in [2.45, 2.75) is 19.1 Å². The van der Waals surface area contributed by atoms with Crippen LogP contribution in [-0.4, -0.2) is 51.2 Å². The molecule has 0 saturated carbocycles. The van der Waals surface area contributed by atoms with E-state index in [1.165, 1.54) is 6.07 Å². The van der Waals surface area contributed by atoms with Crippen LogP contribution in [0.3, 0.4) is 0 Å². The number of halogens is 3. The summed E-state index contributed by atoms with van der Waals surface area (Å²) >= 11 is 0. The van der Waals surface area contributed by atoms with E-state index in [4.69, 9.17) is 4.52 Å². The molecule has 0 N–H and O–H groups in total. The zero-order valence-electron chi connectivity index (χ0n) is 15.7. The molecule has 1 unspecified atom stereocenters. The molecule has 1 saturated heterocycles. The van der Waals surface area contributed by atoms with E-state index in [-0.39, 0.29) is 6.04 Å². The maximum atomic E-state index is 12.7. The fraction of sp³-hybridized carbons (Fsp3) is 0.368. The molecular formula is C19H19F3N6O. The van der Waals surface area contributed by atoms with Gasteiger partial charge in [-0.05, 0) is 31.2 Å². The quantitative estimate of drug-likeness (QED) is 0.660. The van der Waals surface area contributed by atoms with Gasteiger partial charge in [-0.25, -0.2) is 4.98 Å². The van der Waals surface area contributed by atoms with Crippen molar-refractivity contribution in [1.82, 2.24) is 25.0 Å². The van der Waals surface area contributed by atoms with E-state index >= 15 is 0 Å². The number of anilines is 1. The highest BCUT2D eigenvalue weighted by molar-refractivity contribution is 5.51. The summed E-state index contributed by atoms with van der Waals surface area (Å²) in [6.07, 6.45) is -0.144. The van der Waals surface area contributed by atoms with Crippen LogP contribution < -0.4 is 4.90 Å². The number of pyridine rings is 2. The van der Waals surface area contributed by atoms with Crippen LogP contribution in [0.15, 0.2) is 47.4 Å². The Labute approximate surface area is 165 Å². The highest BCUT2D eigenvalue weighted by Gasteiger charge is 2.31. The smallest absolute Gasteiger partial charge is 0.354 e. The van der Waals surface area contributed by atoms with E-state index in [9.17, 15) is 13.2 Å². The zero-order valence-corrected chi connectivity index (χ0v) is 15.7. The molecular weight excluding hydrogens is 385 g/mol. The Morgan fingerprint density at radius 1 is 1.07 bits per heavy atom. The fourth-order valence-electron chi connectivity index (χ4n) is 3.25. The van der Waals surface area contributed by atoms with Crippen LogP contribution in [0.2, 0.25) is 0 Å². The van der Waals surface area contributed by atoms with Crippen molar-refractivity contribution in [3.63, 3.8) is 0 Å². The van der Waals surface area contributed by atoms with Crippen LogP contribution in [0.4, 0.5) is 19.0 Å². The molecule has 3 aromatic heterocycles. The van der Waals surface area contributed by atoms with Crippen LogP contribution in [-0.2, 0) is 6.18 Å². The molecule has 3 aromatic rings. The first-order chi connectivity index (χ1) is 13.9. The number of nitrogens with zero attached hydrogens (tertiary/aromatic N) is 6. The predicted octanol–water partition coefficient (Wildman–Crippen LogP) is 3.43. The largest absolute Gasteiger partial charge is 0.417 e. The third-order valence-corrected chi connectivity index (χ3v) is 4.98. The summed E-state index contributed by atoms with van der Waals surface area (Å²) < 4.78 is 43.5. The molecule has 0 radical (unpaired) electrons. The molecule has 1 aliphatic rings. The van der Waals surface area contributed by atoms with Gasteiger partial charge >= 0.3 is 6.18 Å². The van der Waals surface area contributed by atoms with Crippen LogP contribution in [0.1, 0.15) is 24.4 Å². The van der Waals surface area contributed by atoms with Crippen molar-refractivity contribution < 1.29 is 17.7 Å². The molecule has 0 aliphatic carbocycles. The van der Waals surface area contributed by atoms with Gasteiger partial charge in [0.2, 0.25) is 11.7 Å². The molecule has 0 amide bonds. The molecule has 1 aliphatic heterocycles. The number of aromatic nitrogens is 4. The SMILES string of the molecule is CC(c1nc(-c2cccnc2)no1)N1CCN(c2ccc(C(F)(F)F)cn2)CC1. The number of piperazine rings is 1. The van der Waals surface area contributed by atoms with E-state index in [1.54, 1.807) is 12.4 Å². The van der Waals surface area contributed by atoms with Gasteiger partial charge in [0, 0.05) is 50.3 Å². The lowest BCUT2D eigenvalue weighted by atomic mass is 10.2. The minimum Gasteiger partial charge on any atom is -0.354 e. The number of alkyl halides is 3. The second kappa shape index (κ2) is 7.78. The molecule has 7 nitrogen and oxygen atoms in total. The number of hydrogen-bond acceptors (Lipinski definition) is 7. The van der Waals surface area contributed by atoms with E-state index < -0.39 is 11.7 Å². The highest BCUT2D eigenvalue weighted by Crippen LogP contribution is 2.30. The second-order valence-electron chi connectivity index (χ2n) is 6.80. The van der Waals surface area contributed by atoms with Gasteiger partial charge in [0.05, 0.1) is 11.6 Å². The van der Waals surface area contributed by atoms with Crippen molar-refractivity contribution in [3.05, 3.63) is 54.3 Å². The summed E-state index contributed by atoms with van der Waals surface area (Å²) in [5, 5.41) is 4.03. The third kappa shape index (κ3) is 4.21. The van der Waals surface area contributed by atoms with E-state index in [0.717, 1.165) is 17.8 Å². The van der Waals surface area contributed by atoms with E-state index in [2.05, 4.69) is 25.0 Å². The molecule has 29 heavy (non-hydrogen) atoms. The zero-order chi connectivity index (χ0) is 20.4. The lowest BCUT2D eigenvalue weighted by Gasteiger charge is -2.37. The Morgan fingerprint density at radius 2 is 1.86 bits per heavy atom. The monoisotopic (exact) mass is 404 g/mol. The summed E-state index contributed by atoms with van der Waals surface area (Å²) in [5.74, 6) is 1.56. The van der Waals surface area contributed by atoms with Crippen molar-refractivity contribution >= 4 is 5.82 Å². The first kappa shape index (κ1) is 19.3. The minimum atomic E-state index is -4.38. The maximum Gasteiger partial charge on any atom is 0.417 e. The average molecular weight is 404 g/mol. The Kier molecular flexibility index (Phi) is 5.18. The predicted molar refractivity (Wildman–Crippen MR) is 99.0 cm³/mol. The molecule has 0 aromatic carbocycles. The molecule has 1 atom stereocenters. The second-order valence-corrected chi connectivity index (χ2v) is 6.80. The van der Waals surface area contributed by atoms with Crippen molar-refractivity contribution in [1.29, 1.82) is 0 Å². The van der Waals surface area contributed by atoms with Gasteiger partial charge in [-0.15, -0.1) is 0 Å². The molecule has 4 rings (SSSR count). The highest BCUT2D eigenvalue weighted by atomic mass is 19.4. The van der Waals surface area contributed by atoms with Gasteiger partial charge in [0.15, 0.2) is 0 Å². The summed E-state index contributed by atoms with van der Waals surface area (Å²) in [4.78, 5) is 16.7. The Morgan fingerprint density at radius 3 is 2.48 bits per heavy atom. The summed E-state index contributed by atoms with van der Waals surface area (Å²) in [5.41, 5.74) is 0.0437. The van der Waals surface area contributed by atoms with E-state index in [0.29, 0.717) is 43.7 Å². The first-order valence-corrected chi connectivity index (χ1v) is 9.18. The van der Waals surface area contributed by atoms with Crippen molar-refractivity contribution in [2.24, 2.45) is 0 Å². The first-order valence-electron chi connectivity index (χ1n) is 9.18. The topological polar surface area (TPSA) is 71.2 Å². The third-order valence-electron chi connectivity index (χ3n) is 4.98. The summed E-state index contributed by atoms with van der Waals surface area (Å²) in [6.45, 7) is 4.69. The maximum absolute atomic E-state index is 12.7. The van der Waals surface area contributed by atoms with Gasteiger partial charge in [0.25, 0.3) is 0 Å². The summed E-state index contributed by atoms with van der Waals surface area (Å²) in [7, 11) is 0. The van der Waals surface area contributed by atoms with Crippen molar-refractivity contribution in [2.75, 3.05) is 31.1 Å². The van der Waals surface area contributed by atoms with Crippen molar-refractivity contribution in [3.8, 4) is 11.4 Å². The minimum absolute atomic E-state index is 0.0735. The number of rotatable bonds is 4. The van der Waals surface area contributed by atoms with Crippen LogP contribution in [0.5, 0.6) is 0 Å².